The molecule has 136 valence electrons. The zero-order chi connectivity index (χ0) is 18.2. The Morgan fingerprint density at radius 2 is 1.92 bits per heavy atom. The van der Waals surface area contributed by atoms with Crippen LogP contribution in [0, 0.1) is 0 Å². The van der Waals surface area contributed by atoms with Gasteiger partial charge in [0, 0.05) is 23.6 Å². The van der Waals surface area contributed by atoms with E-state index in [1.165, 1.54) is 0 Å². The number of carbonyl (C=O) groups excluding carboxylic acids is 1. The minimum atomic E-state index is -0.434. The molecule has 0 atom stereocenters. The largest absolute Gasteiger partial charge is 0.482 e. The second-order valence-electron chi connectivity index (χ2n) is 5.63. The summed E-state index contributed by atoms with van der Waals surface area (Å²) in [5.41, 5.74) is 0.778. The molecule has 0 radical (unpaired) electrons. The molecule has 2 rings (SSSR count). The minimum Gasteiger partial charge on any atom is -0.482 e. The third-order valence-electron chi connectivity index (χ3n) is 4.03. The number of fused-ring (bicyclic) bond motifs is 1. The van der Waals surface area contributed by atoms with Crippen molar-refractivity contribution in [1.29, 1.82) is 0 Å². The van der Waals surface area contributed by atoms with E-state index in [4.69, 9.17) is 13.9 Å². The first kappa shape index (κ1) is 19.0. The summed E-state index contributed by atoms with van der Waals surface area (Å²) in [5.74, 6) is 0.0235. The van der Waals surface area contributed by atoms with Gasteiger partial charge in [0.05, 0.1) is 6.61 Å². The lowest BCUT2D eigenvalue weighted by Crippen LogP contribution is -2.26. The van der Waals surface area contributed by atoms with E-state index in [1.807, 2.05) is 12.1 Å². The van der Waals surface area contributed by atoms with Gasteiger partial charge in [0.25, 0.3) is 0 Å². The molecule has 25 heavy (non-hydrogen) atoms. The van der Waals surface area contributed by atoms with Gasteiger partial charge in [-0.2, -0.15) is 0 Å². The molecule has 0 fully saturated rings. The van der Waals surface area contributed by atoms with E-state index in [9.17, 15) is 9.59 Å². The number of benzene rings is 1. The quantitative estimate of drug-likeness (QED) is 0.513. The highest BCUT2D eigenvalue weighted by Gasteiger charge is 2.09. The average Bonchev–Trinajstić information content (AvgIpc) is 2.61. The minimum absolute atomic E-state index is 0.175. The van der Waals surface area contributed by atoms with Crippen LogP contribution in [0.15, 0.2) is 33.5 Å². The summed E-state index contributed by atoms with van der Waals surface area (Å²) in [6, 6.07) is 7.04. The molecule has 0 aliphatic rings. The molecule has 0 amide bonds. The summed E-state index contributed by atoms with van der Waals surface area (Å²) in [6.07, 6.45) is 0.654. The number of hydrogen-bond donors (Lipinski definition) is 0. The number of rotatable bonds is 9. The third-order valence-corrected chi connectivity index (χ3v) is 4.03. The molecular formula is C19H25NO5. The molecule has 2 aromatic rings. The van der Waals surface area contributed by atoms with Gasteiger partial charge in [0.2, 0.25) is 0 Å². The topological polar surface area (TPSA) is 69.0 Å². The summed E-state index contributed by atoms with van der Waals surface area (Å²) in [7, 11) is 0. The predicted molar refractivity (Wildman–Crippen MR) is 96.1 cm³/mol. The van der Waals surface area contributed by atoms with Crippen molar-refractivity contribution in [3.8, 4) is 5.75 Å². The first-order chi connectivity index (χ1) is 12.1. The highest BCUT2D eigenvalue weighted by Crippen LogP contribution is 2.20. The highest BCUT2D eigenvalue weighted by molar-refractivity contribution is 5.78. The van der Waals surface area contributed by atoms with Crippen molar-refractivity contribution in [2.75, 3.05) is 32.8 Å². The molecule has 0 bridgehead atoms. The molecule has 0 aliphatic carbocycles. The average molecular weight is 347 g/mol. The van der Waals surface area contributed by atoms with E-state index in [1.54, 1.807) is 19.1 Å². The zero-order valence-corrected chi connectivity index (χ0v) is 15.0. The van der Waals surface area contributed by atoms with Crippen LogP contribution in [0.3, 0.4) is 0 Å². The van der Waals surface area contributed by atoms with Gasteiger partial charge in [-0.15, -0.1) is 0 Å². The van der Waals surface area contributed by atoms with Crippen LogP contribution >= 0.6 is 0 Å². The number of carbonyl (C=O) groups is 1. The normalized spacial score (nSPS) is 11.0. The Bertz CT molecular complexity index is 764. The number of esters is 1. The Morgan fingerprint density at radius 1 is 1.16 bits per heavy atom. The molecule has 6 nitrogen and oxygen atoms in total. The standard InChI is InChI=1S/C19H25NO5/c1-4-20(5-2)10-9-15-11-14-7-8-16(12-17(14)25-19(15)22)24-13-18(21)23-6-3/h7-8,11-12H,4-6,9-10,13H2,1-3H3. The van der Waals surface area contributed by atoms with Crippen molar-refractivity contribution < 1.29 is 18.7 Å². The Kier molecular flexibility index (Phi) is 7.01. The molecule has 6 heteroatoms. The Balaban J connectivity index is 2.12. The molecule has 1 aromatic carbocycles. The summed E-state index contributed by atoms with van der Waals surface area (Å²) in [4.78, 5) is 25.8. The van der Waals surface area contributed by atoms with Crippen LogP contribution in [0.2, 0.25) is 0 Å². The highest BCUT2D eigenvalue weighted by atomic mass is 16.6. The molecule has 0 saturated heterocycles. The smallest absolute Gasteiger partial charge is 0.344 e. The predicted octanol–water partition coefficient (Wildman–Crippen LogP) is 2.62. The zero-order valence-electron chi connectivity index (χ0n) is 15.0. The van der Waals surface area contributed by atoms with Gasteiger partial charge in [0.15, 0.2) is 6.61 Å². The van der Waals surface area contributed by atoms with Crippen LogP contribution in [-0.4, -0.2) is 43.7 Å². The maximum atomic E-state index is 12.2. The van der Waals surface area contributed by atoms with Gasteiger partial charge in [-0.1, -0.05) is 13.8 Å². The van der Waals surface area contributed by atoms with Crippen LogP contribution in [0.4, 0.5) is 0 Å². The number of nitrogens with zero attached hydrogens (tertiary/aromatic N) is 1. The van der Waals surface area contributed by atoms with Crippen LogP contribution in [0.5, 0.6) is 5.75 Å². The molecule has 1 heterocycles. The van der Waals surface area contributed by atoms with Gasteiger partial charge < -0.3 is 18.8 Å². The van der Waals surface area contributed by atoms with Gasteiger partial charge in [-0.25, -0.2) is 9.59 Å². The second kappa shape index (κ2) is 9.22. The van der Waals surface area contributed by atoms with Crippen LogP contribution < -0.4 is 10.4 Å². The van der Waals surface area contributed by atoms with Gasteiger partial charge in [0.1, 0.15) is 11.3 Å². The summed E-state index contributed by atoms with van der Waals surface area (Å²) in [6.45, 7) is 8.81. The first-order valence-electron chi connectivity index (χ1n) is 8.64. The number of hydrogen-bond acceptors (Lipinski definition) is 6. The van der Waals surface area contributed by atoms with Crippen LogP contribution in [-0.2, 0) is 16.0 Å². The Hall–Kier alpha value is -2.34. The fourth-order valence-corrected chi connectivity index (χ4v) is 2.56. The maximum Gasteiger partial charge on any atom is 0.344 e. The fraction of sp³-hybridized carbons (Fsp3) is 0.474. The third kappa shape index (κ3) is 5.32. The van der Waals surface area contributed by atoms with Crippen molar-refractivity contribution in [2.45, 2.75) is 27.2 Å². The SMILES string of the molecule is CCOC(=O)COc1ccc2cc(CCN(CC)CC)c(=O)oc2c1. The molecule has 0 unspecified atom stereocenters. The van der Waals surface area contributed by atoms with Crippen molar-refractivity contribution in [1.82, 2.24) is 4.90 Å². The summed E-state index contributed by atoms with van der Waals surface area (Å²) >= 11 is 0. The van der Waals surface area contributed by atoms with Crippen molar-refractivity contribution >= 4 is 16.9 Å². The number of ether oxygens (including phenoxy) is 2. The first-order valence-corrected chi connectivity index (χ1v) is 8.64. The van der Waals surface area contributed by atoms with E-state index >= 15 is 0 Å². The molecule has 0 N–H and O–H groups in total. The molecule has 0 saturated carbocycles. The van der Waals surface area contributed by atoms with E-state index in [0.29, 0.717) is 29.9 Å². The Labute approximate surface area is 147 Å². The monoisotopic (exact) mass is 347 g/mol. The van der Waals surface area contributed by atoms with E-state index in [0.717, 1.165) is 25.0 Å². The number of likely N-dealkylation sites (N-methyl/N-ethyl adjacent to an activating group) is 1. The molecule has 0 spiro atoms. The lowest BCUT2D eigenvalue weighted by Gasteiger charge is -2.17. The summed E-state index contributed by atoms with van der Waals surface area (Å²) < 4.78 is 15.6. The van der Waals surface area contributed by atoms with E-state index in [2.05, 4.69) is 18.7 Å². The fourth-order valence-electron chi connectivity index (χ4n) is 2.56. The lowest BCUT2D eigenvalue weighted by atomic mass is 10.1. The van der Waals surface area contributed by atoms with Crippen molar-refractivity contribution in [3.63, 3.8) is 0 Å². The Morgan fingerprint density at radius 3 is 2.60 bits per heavy atom. The second-order valence-corrected chi connectivity index (χ2v) is 5.63. The van der Waals surface area contributed by atoms with Gasteiger partial charge in [-0.3, -0.25) is 0 Å². The van der Waals surface area contributed by atoms with Crippen molar-refractivity contribution in [2.24, 2.45) is 0 Å². The molecule has 1 aromatic heterocycles. The van der Waals surface area contributed by atoms with E-state index < -0.39 is 5.97 Å². The van der Waals surface area contributed by atoms with Gasteiger partial charge in [-0.05, 0) is 44.6 Å². The summed E-state index contributed by atoms with van der Waals surface area (Å²) in [5, 5.41) is 0.831. The van der Waals surface area contributed by atoms with Gasteiger partial charge >= 0.3 is 11.6 Å². The van der Waals surface area contributed by atoms with Crippen LogP contribution in [0.1, 0.15) is 26.3 Å². The maximum absolute atomic E-state index is 12.2. The van der Waals surface area contributed by atoms with Crippen LogP contribution in [0.25, 0.3) is 11.0 Å². The molecule has 0 aliphatic heterocycles. The van der Waals surface area contributed by atoms with E-state index in [-0.39, 0.29) is 12.2 Å². The lowest BCUT2D eigenvalue weighted by molar-refractivity contribution is -0.145. The van der Waals surface area contributed by atoms with Crippen molar-refractivity contribution in [3.05, 3.63) is 40.2 Å². The molecular weight excluding hydrogens is 322 g/mol.